The fraction of sp³-hybridized carbons (Fsp3) is 0.353. The van der Waals surface area contributed by atoms with E-state index in [1.807, 2.05) is 24.3 Å². The summed E-state index contributed by atoms with van der Waals surface area (Å²) in [6, 6.07) is 7.92. The number of nitrogen functional groups attached to an aromatic ring is 1. The lowest BCUT2D eigenvalue weighted by Gasteiger charge is -2.23. The molecule has 1 fully saturated rings. The Hall–Kier alpha value is -2.63. The minimum absolute atomic E-state index is 0.151. The molecule has 4 rings (SSSR count). The first-order chi connectivity index (χ1) is 11.2. The van der Waals surface area contributed by atoms with Crippen molar-refractivity contribution in [3.8, 4) is 0 Å². The second kappa shape index (κ2) is 5.53. The molecule has 0 radical (unpaired) electrons. The number of aromatic nitrogens is 3. The summed E-state index contributed by atoms with van der Waals surface area (Å²) in [5.41, 5.74) is 8.34. The van der Waals surface area contributed by atoms with Crippen LogP contribution in [0.25, 0.3) is 16.8 Å². The number of hydrogen-bond acceptors (Lipinski definition) is 4. The summed E-state index contributed by atoms with van der Waals surface area (Å²) in [4.78, 5) is 21.3. The van der Waals surface area contributed by atoms with E-state index >= 15 is 0 Å². The summed E-state index contributed by atoms with van der Waals surface area (Å²) in [6.45, 7) is 0. The van der Waals surface area contributed by atoms with Gasteiger partial charge in [-0.3, -0.25) is 9.20 Å². The van der Waals surface area contributed by atoms with Crippen LogP contribution in [-0.4, -0.2) is 26.3 Å². The molecule has 1 aliphatic carbocycles. The average Bonchev–Trinajstić information content (AvgIpc) is 2.95. The van der Waals surface area contributed by atoms with Gasteiger partial charge >= 0.3 is 0 Å². The van der Waals surface area contributed by atoms with E-state index in [-0.39, 0.29) is 11.9 Å². The quantitative estimate of drug-likeness (QED) is 0.761. The topological polar surface area (TPSA) is 85.3 Å². The van der Waals surface area contributed by atoms with Crippen molar-refractivity contribution in [1.82, 2.24) is 19.7 Å². The highest BCUT2D eigenvalue weighted by Gasteiger charge is 2.20. The van der Waals surface area contributed by atoms with E-state index in [4.69, 9.17) is 5.73 Å². The van der Waals surface area contributed by atoms with Crippen molar-refractivity contribution in [2.45, 2.75) is 38.1 Å². The molecule has 0 saturated heterocycles. The monoisotopic (exact) mass is 309 g/mol. The second-order valence-electron chi connectivity index (χ2n) is 6.10. The maximum absolute atomic E-state index is 12.6. The van der Waals surface area contributed by atoms with Crippen molar-refractivity contribution in [3.05, 3.63) is 36.0 Å². The zero-order chi connectivity index (χ0) is 15.8. The Morgan fingerprint density at radius 2 is 2.00 bits per heavy atom. The van der Waals surface area contributed by atoms with E-state index in [9.17, 15) is 4.79 Å². The molecule has 2 aromatic heterocycles. The number of para-hydroxylation sites is 2. The van der Waals surface area contributed by atoms with Crippen LogP contribution in [0.3, 0.4) is 0 Å². The molecule has 118 valence electrons. The van der Waals surface area contributed by atoms with Crippen molar-refractivity contribution in [2.24, 2.45) is 0 Å². The predicted molar refractivity (Wildman–Crippen MR) is 89.2 cm³/mol. The standard InChI is InChI=1S/C17H19N5O/c18-15-12(16(23)20-11-6-2-1-3-7-11)10-19-17-21-13-8-4-5-9-14(13)22(15)17/h4-5,8-11H,1-3,6-7,18H2,(H,20,23). The van der Waals surface area contributed by atoms with Crippen LogP contribution in [0.2, 0.25) is 0 Å². The highest BCUT2D eigenvalue weighted by molar-refractivity contribution is 5.99. The number of carbonyl (C=O) groups is 1. The lowest BCUT2D eigenvalue weighted by atomic mass is 9.95. The van der Waals surface area contributed by atoms with Gasteiger partial charge in [-0.25, -0.2) is 9.97 Å². The third-order valence-electron chi connectivity index (χ3n) is 4.55. The molecule has 23 heavy (non-hydrogen) atoms. The fourth-order valence-electron chi connectivity index (χ4n) is 3.33. The molecule has 6 heteroatoms. The van der Waals surface area contributed by atoms with E-state index in [2.05, 4.69) is 15.3 Å². The van der Waals surface area contributed by atoms with Crippen LogP contribution in [0, 0.1) is 0 Å². The Labute approximate surface area is 133 Å². The van der Waals surface area contributed by atoms with Crippen LogP contribution < -0.4 is 11.1 Å². The number of nitrogens with one attached hydrogen (secondary N) is 1. The number of benzene rings is 1. The van der Waals surface area contributed by atoms with Crippen molar-refractivity contribution >= 4 is 28.5 Å². The van der Waals surface area contributed by atoms with E-state index < -0.39 is 0 Å². The van der Waals surface area contributed by atoms with Crippen molar-refractivity contribution in [1.29, 1.82) is 0 Å². The lowest BCUT2D eigenvalue weighted by Crippen LogP contribution is -2.36. The molecule has 2 heterocycles. The Morgan fingerprint density at radius 3 is 2.83 bits per heavy atom. The Balaban J connectivity index is 1.73. The molecule has 0 aliphatic heterocycles. The predicted octanol–water partition coefficient (Wildman–Crippen LogP) is 2.53. The molecular weight excluding hydrogens is 290 g/mol. The Bertz CT molecular complexity index is 879. The average molecular weight is 309 g/mol. The molecule has 0 unspecified atom stereocenters. The van der Waals surface area contributed by atoms with Gasteiger partial charge in [0, 0.05) is 12.2 Å². The summed E-state index contributed by atoms with van der Waals surface area (Å²) in [7, 11) is 0. The van der Waals surface area contributed by atoms with E-state index in [1.165, 1.54) is 25.5 Å². The van der Waals surface area contributed by atoms with Gasteiger partial charge in [-0.2, -0.15) is 0 Å². The third kappa shape index (κ3) is 2.40. The number of nitrogens with two attached hydrogens (primary N) is 1. The van der Waals surface area contributed by atoms with Gasteiger partial charge in [0.1, 0.15) is 5.82 Å². The first-order valence-electron chi connectivity index (χ1n) is 8.06. The number of nitrogens with zero attached hydrogens (tertiary/aromatic N) is 3. The van der Waals surface area contributed by atoms with Crippen molar-refractivity contribution in [3.63, 3.8) is 0 Å². The number of anilines is 1. The number of imidazole rings is 1. The van der Waals surface area contributed by atoms with Crippen LogP contribution in [0.5, 0.6) is 0 Å². The Morgan fingerprint density at radius 1 is 1.22 bits per heavy atom. The third-order valence-corrected chi connectivity index (χ3v) is 4.55. The summed E-state index contributed by atoms with van der Waals surface area (Å²) < 4.78 is 1.74. The molecule has 1 saturated carbocycles. The smallest absolute Gasteiger partial charge is 0.256 e. The molecule has 1 aromatic carbocycles. The van der Waals surface area contributed by atoms with Gasteiger partial charge in [-0.05, 0) is 25.0 Å². The number of carbonyl (C=O) groups excluding carboxylic acids is 1. The van der Waals surface area contributed by atoms with E-state index in [1.54, 1.807) is 4.40 Å². The maximum atomic E-state index is 12.6. The second-order valence-corrected chi connectivity index (χ2v) is 6.10. The summed E-state index contributed by atoms with van der Waals surface area (Å²) in [6.07, 6.45) is 7.19. The normalized spacial score (nSPS) is 16.0. The molecule has 0 bridgehead atoms. The molecule has 3 N–H and O–H groups in total. The van der Waals surface area contributed by atoms with Crippen LogP contribution in [-0.2, 0) is 0 Å². The largest absolute Gasteiger partial charge is 0.384 e. The molecule has 1 amide bonds. The summed E-state index contributed by atoms with van der Waals surface area (Å²) in [5, 5.41) is 3.09. The van der Waals surface area contributed by atoms with Gasteiger partial charge in [0.15, 0.2) is 0 Å². The van der Waals surface area contributed by atoms with Gasteiger partial charge in [-0.1, -0.05) is 31.4 Å². The maximum Gasteiger partial charge on any atom is 0.256 e. The van der Waals surface area contributed by atoms with Gasteiger partial charge in [-0.15, -0.1) is 0 Å². The molecule has 3 aromatic rings. The van der Waals surface area contributed by atoms with Crippen molar-refractivity contribution < 1.29 is 4.79 Å². The molecule has 1 aliphatic rings. The Kier molecular flexibility index (Phi) is 3.37. The zero-order valence-electron chi connectivity index (χ0n) is 12.8. The molecular formula is C17H19N5O. The van der Waals surface area contributed by atoms with Crippen LogP contribution in [0.1, 0.15) is 42.5 Å². The van der Waals surface area contributed by atoms with Crippen molar-refractivity contribution in [2.75, 3.05) is 5.73 Å². The zero-order valence-corrected chi connectivity index (χ0v) is 12.8. The first-order valence-corrected chi connectivity index (χ1v) is 8.06. The molecule has 0 atom stereocenters. The highest BCUT2D eigenvalue weighted by Crippen LogP contribution is 2.22. The van der Waals surface area contributed by atoms with Gasteiger partial charge in [0.25, 0.3) is 5.91 Å². The minimum Gasteiger partial charge on any atom is -0.384 e. The van der Waals surface area contributed by atoms with Crippen LogP contribution in [0.4, 0.5) is 5.82 Å². The van der Waals surface area contributed by atoms with Gasteiger partial charge < -0.3 is 11.1 Å². The van der Waals surface area contributed by atoms with Gasteiger partial charge in [0.2, 0.25) is 5.78 Å². The van der Waals surface area contributed by atoms with Gasteiger partial charge in [0.05, 0.1) is 16.6 Å². The molecule has 0 spiro atoms. The highest BCUT2D eigenvalue weighted by atomic mass is 16.1. The van der Waals surface area contributed by atoms with Crippen LogP contribution in [0.15, 0.2) is 30.5 Å². The SMILES string of the molecule is Nc1c(C(=O)NC2CCCCC2)cnc2nc3ccccc3n12. The summed E-state index contributed by atoms with van der Waals surface area (Å²) >= 11 is 0. The fourth-order valence-corrected chi connectivity index (χ4v) is 3.33. The lowest BCUT2D eigenvalue weighted by molar-refractivity contribution is 0.0928. The minimum atomic E-state index is -0.151. The molecule has 6 nitrogen and oxygen atoms in total. The number of hydrogen-bond donors (Lipinski definition) is 2. The number of amides is 1. The summed E-state index contributed by atoms with van der Waals surface area (Å²) in [5.74, 6) is 0.747. The number of fused-ring (bicyclic) bond motifs is 3. The van der Waals surface area contributed by atoms with E-state index in [0.29, 0.717) is 17.2 Å². The van der Waals surface area contributed by atoms with Crippen LogP contribution >= 0.6 is 0 Å². The first kappa shape index (κ1) is 14.0. The van der Waals surface area contributed by atoms with E-state index in [0.717, 1.165) is 23.9 Å². The number of rotatable bonds is 2.